The maximum absolute atomic E-state index is 5.23. The highest BCUT2D eigenvalue weighted by Gasteiger charge is 2.18. The maximum Gasteiger partial charge on any atom is 0.161 e. The molecule has 0 aliphatic carbocycles. The topological polar surface area (TPSA) is 25.8 Å². The van der Waals surface area contributed by atoms with Crippen molar-refractivity contribution >= 4 is 53.9 Å². The molecule has 0 radical (unpaired) electrons. The molecule has 9 rings (SSSR count). The molecule has 0 fully saturated rings. The van der Waals surface area contributed by atoms with E-state index in [1.165, 1.54) is 48.5 Å². The fourth-order valence-electron chi connectivity index (χ4n) is 6.77. The number of aromatic nitrogens is 2. The van der Waals surface area contributed by atoms with Crippen molar-refractivity contribution in [1.82, 2.24) is 9.97 Å². The van der Waals surface area contributed by atoms with Gasteiger partial charge in [0.2, 0.25) is 0 Å². The van der Waals surface area contributed by atoms with Crippen LogP contribution in [-0.4, -0.2) is 9.97 Å². The van der Waals surface area contributed by atoms with Crippen LogP contribution < -0.4 is 0 Å². The third kappa shape index (κ3) is 3.89. The van der Waals surface area contributed by atoms with Crippen LogP contribution in [-0.2, 0) is 0 Å². The zero-order valence-electron chi connectivity index (χ0n) is 23.9. The summed E-state index contributed by atoms with van der Waals surface area (Å²) >= 11 is 0. The molecule has 0 saturated heterocycles. The third-order valence-electron chi connectivity index (χ3n) is 8.81. The first-order valence-electron chi connectivity index (χ1n) is 15.0. The number of fused-ring (bicyclic) bond motifs is 9. The lowest BCUT2D eigenvalue weighted by atomic mass is 9.88. The van der Waals surface area contributed by atoms with Gasteiger partial charge in [0.1, 0.15) is 0 Å². The Bertz CT molecular complexity index is 2480. The highest BCUT2D eigenvalue weighted by atomic mass is 14.9. The second-order valence-electron chi connectivity index (χ2n) is 11.4. The quantitative estimate of drug-likeness (QED) is 0.159. The van der Waals surface area contributed by atoms with Crippen LogP contribution >= 0.6 is 0 Å². The SMILES string of the molecule is c1ccc(-c2cc(-c3ccccc3)nc(-c3cc4c5ccccc5c5cc6ccccc6cc5c4c4ccccc34)n2)cc1. The molecule has 0 saturated carbocycles. The molecular formula is C42H26N2. The zero-order chi connectivity index (χ0) is 29.0. The summed E-state index contributed by atoms with van der Waals surface area (Å²) in [6, 6.07) is 56.1. The van der Waals surface area contributed by atoms with E-state index >= 15 is 0 Å². The first kappa shape index (κ1) is 24.7. The zero-order valence-corrected chi connectivity index (χ0v) is 23.9. The molecule has 0 atom stereocenters. The molecular weight excluding hydrogens is 532 g/mol. The maximum atomic E-state index is 5.23. The normalized spacial score (nSPS) is 11.6. The van der Waals surface area contributed by atoms with Crippen LogP contribution in [0.1, 0.15) is 0 Å². The van der Waals surface area contributed by atoms with E-state index < -0.39 is 0 Å². The average Bonchev–Trinajstić information content (AvgIpc) is 3.11. The highest BCUT2D eigenvalue weighted by Crippen LogP contribution is 2.43. The smallest absolute Gasteiger partial charge is 0.161 e. The van der Waals surface area contributed by atoms with Crippen LogP contribution in [0.25, 0.3) is 87.8 Å². The van der Waals surface area contributed by atoms with E-state index in [1.54, 1.807) is 0 Å². The van der Waals surface area contributed by atoms with Crippen LogP contribution in [0.2, 0.25) is 0 Å². The van der Waals surface area contributed by atoms with Gasteiger partial charge in [-0.25, -0.2) is 9.97 Å². The van der Waals surface area contributed by atoms with Gasteiger partial charge in [-0.1, -0.05) is 133 Å². The first-order valence-corrected chi connectivity index (χ1v) is 15.0. The second kappa shape index (κ2) is 9.86. The molecule has 0 aliphatic rings. The molecule has 2 heteroatoms. The van der Waals surface area contributed by atoms with E-state index in [-0.39, 0.29) is 0 Å². The molecule has 1 aromatic heterocycles. The molecule has 0 unspecified atom stereocenters. The van der Waals surface area contributed by atoms with Gasteiger partial charge in [-0.2, -0.15) is 0 Å². The van der Waals surface area contributed by atoms with Gasteiger partial charge in [-0.05, 0) is 78.1 Å². The number of nitrogens with zero attached hydrogens (tertiary/aromatic N) is 2. The second-order valence-corrected chi connectivity index (χ2v) is 11.4. The summed E-state index contributed by atoms with van der Waals surface area (Å²) in [6.45, 7) is 0. The Morgan fingerprint density at radius 3 is 1.39 bits per heavy atom. The number of hydrogen-bond donors (Lipinski definition) is 0. The summed E-state index contributed by atoms with van der Waals surface area (Å²) < 4.78 is 0. The van der Waals surface area contributed by atoms with Crippen molar-refractivity contribution in [2.75, 3.05) is 0 Å². The van der Waals surface area contributed by atoms with E-state index in [0.29, 0.717) is 0 Å². The van der Waals surface area contributed by atoms with Crippen molar-refractivity contribution in [2.45, 2.75) is 0 Å². The van der Waals surface area contributed by atoms with Gasteiger partial charge >= 0.3 is 0 Å². The van der Waals surface area contributed by atoms with E-state index in [2.05, 4.69) is 146 Å². The van der Waals surface area contributed by atoms with E-state index in [9.17, 15) is 0 Å². The Labute approximate surface area is 254 Å². The van der Waals surface area contributed by atoms with E-state index in [1.807, 2.05) is 12.1 Å². The van der Waals surface area contributed by atoms with Gasteiger partial charge in [0.15, 0.2) is 5.82 Å². The highest BCUT2D eigenvalue weighted by molar-refractivity contribution is 6.34. The van der Waals surface area contributed by atoms with Crippen molar-refractivity contribution < 1.29 is 0 Å². The molecule has 9 aromatic rings. The van der Waals surface area contributed by atoms with Crippen LogP contribution in [0.15, 0.2) is 158 Å². The molecule has 0 spiro atoms. The Balaban J connectivity index is 1.43. The third-order valence-corrected chi connectivity index (χ3v) is 8.81. The number of rotatable bonds is 3. The van der Waals surface area contributed by atoms with Gasteiger partial charge in [0, 0.05) is 16.7 Å². The average molecular weight is 559 g/mol. The predicted molar refractivity (Wildman–Crippen MR) is 186 cm³/mol. The standard InChI is InChI=1S/C42H26N2/c1-3-13-27(14-4-1)39-26-40(28-15-5-2-6-16-28)44-42(43-39)38-25-37-32-20-10-9-19-31(32)35-23-29-17-7-8-18-30(29)24-36(35)41(37)34-22-12-11-21-33(34)38/h1-26H. The minimum atomic E-state index is 0.728. The minimum Gasteiger partial charge on any atom is -0.228 e. The predicted octanol–water partition coefficient (Wildman–Crippen LogP) is 11.2. The van der Waals surface area contributed by atoms with Crippen molar-refractivity contribution in [2.24, 2.45) is 0 Å². The van der Waals surface area contributed by atoms with Crippen LogP contribution in [0.4, 0.5) is 0 Å². The Morgan fingerprint density at radius 1 is 0.318 bits per heavy atom. The molecule has 0 amide bonds. The molecule has 8 aromatic carbocycles. The van der Waals surface area contributed by atoms with Crippen LogP contribution in [0.3, 0.4) is 0 Å². The Kier molecular flexibility index (Phi) is 5.54. The molecule has 204 valence electrons. The summed E-state index contributed by atoms with van der Waals surface area (Å²) in [5.41, 5.74) is 5.00. The van der Waals surface area contributed by atoms with Gasteiger partial charge in [0.05, 0.1) is 11.4 Å². The number of hydrogen-bond acceptors (Lipinski definition) is 2. The Morgan fingerprint density at radius 2 is 0.773 bits per heavy atom. The fraction of sp³-hybridized carbons (Fsp3) is 0. The summed E-state index contributed by atoms with van der Waals surface area (Å²) in [6.07, 6.45) is 0. The molecule has 2 nitrogen and oxygen atoms in total. The van der Waals surface area contributed by atoms with Gasteiger partial charge < -0.3 is 0 Å². The fourth-order valence-corrected chi connectivity index (χ4v) is 6.77. The van der Waals surface area contributed by atoms with Crippen molar-refractivity contribution in [1.29, 1.82) is 0 Å². The first-order chi connectivity index (χ1) is 21.8. The van der Waals surface area contributed by atoms with Gasteiger partial charge in [0.25, 0.3) is 0 Å². The lowest BCUT2D eigenvalue weighted by Crippen LogP contribution is -1.97. The molecule has 0 N–H and O–H groups in total. The molecule has 0 bridgehead atoms. The monoisotopic (exact) mass is 558 g/mol. The van der Waals surface area contributed by atoms with Crippen LogP contribution in [0, 0.1) is 0 Å². The number of benzene rings is 8. The van der Waals surface area contributed by atoms with Crippen molar-refractivity contribution in [3.05, 3.63) is 158 Å². The summed E-state index contributed by atoms with van der Waals surface area (Å²) in [5, 5.41) is 12.4. The molecule has 0 aliphatic heterocycles. The largest absolute Gasteiger partial charge is 0.228 e. The lowest BCUT2D eigenvalue weighted by Gasteiger charge is -2.17. The van der Waals surface area contributed by atoms with Gasteiger partial charge in [-0.3, -0.25) is 0 Å². The van der Waals surface area contributed by atoms with E-state index in [4.69, 9.17) is 9.97 Å². The van der Waals surface area contributed by atoms with Gasteiger partial charge in [-0.15, -0.1) is 0 Å². The van der Waals surface area contributed by atoms with Crippen molar-refractivity contribution in [3.63, 3.8) is 0 Å². The van der Waals surface area contributed by atoms with Crippen molar-refractivity contribution in [3.8, 4) is 33.9 Å². The lowest BCUT2D eigenvalue weighted by molar-refractivity contribution is 1.19. The molecule has 44 heavy (non-hydrogen) atoms. The minimum absolute atomic E-state index is 0.728. The summed E-state index contributed by atoms with van der Waals surface area (Å²) in [5.74, 6) is 0.728. The Hall–Kier alpha value is -5.86. The van der Waals surface area contributed by atoms with E-state index in [0.717, 1.165) is 39.3 Å². The summed E-state index contributed by atoms with van der Waals surface area (Å²) in [7, 11) is 0. The molecule has 1 heterocycles. The van der Waals surface area contributed by atoms with Crippen LogP contribution in [0.5, 0.6) is 0 Å². The summed E-state index contributed by atoms with van der Waals surface area (Å²) in [4.78, 5) is 10.5.